The molecule has 164 valence electrons. The number of sulfonamides is 1. The van der Waals surface area contributed by atoms with Crippen molar-refractivity contribution in [2.24, 2.45) is 4.99 Å². The number of aliphatic imine (C=N–C) groups is 1. The number of amidine groups is 1. The molecule has 1 atom stereocenters. The molecule has 1 heterocycles. The first-order valence-electron chi connectivity index (χ1n) is 10.1. The van der Waals surface area contributed by atoms with Crippen molar-refractivity contribution in [3.63, 3.8) is 0 Å². The van der Waals surface area contributed by atoms with Crippen molar-refractivity contribution in [2.45, 2.75) is 37.9 Å². The predicted octanol–water partition coefficient (Wildman–Crippen LogP) is 4.17. The average Bonchev–Trinajstić information content (AvgIpc) is 3.04. The van der Waals surface area contributed by atoms with Gasteiger partial charge < -0.3 is 5.32 Å². The van der Waals surface area contributed by atoms with Crippen LogP contribution in [-0.4, -0.2) is 40.7 Å². The Morgan fingerprint density at radius 2 is 1.71 bits per heavy atom. The lowest BCUT2D eigenvalue weighted by atomic mass is 10.2. The van der Waals surface area contributed by atoms with Crippen molar-refractivity contribution in [3.05, 3.63) is 60.7 Å². The number of nitrogens with one attached hydrogen (secondary N) is 1. The standard InChI is InChI=1S/C22H25N3O4S2/c1-2-3-10-15-31(28,29)25-21(27)19(16-20(26)23-17-11-6-4-7-12-17)30-22(25)24-18-13-8-5-9-14-18/h4-9,11-14,19H,2-3,10,15-16H2,1H3,(H,23,26)/t19-/m1/s1. The summed E-state index contributed by atoms with van der Waals surface area (Å²) in [6.45, 7) is 1.98. The first kappa shape index (κ1) is 23.0. The minimum absolute atomic E-state index is 0.0882. The second-order valence-corrected chi connectivity index (χ2v) is 10.2. The third kappa shape index (κ3) is 6.18. The van der Waals surface area contributed by atoms with Gasteiger partial charge in [-0.1, -0.05) is 67.9 Å². The third-order valence-electron chi connectivity index (χ3n) is 4.59. The van der Waals surface area contributed by atoms with E-state index in [1.54, 1.807) is 48.5 Å². The molecule has 9 heteroatoms. The van der Waals surface area contributed by atoms with Gasteiger partial charge in [-0.25, -0.2) is 13.4 Å². The Morgan fingerprint density at radius 3 is 2.35 bits per heavy atom. The molecular formula is C22H25N3O4S2. The van der Waals surface area contributed by atoms with Gasteiger partial charge in [0.15, 0.2) is 5.17 Å². The number of anilines is 1. The predicted molar refractivity (Wildman–Crippen MR) is 125 cm³/mol. The van der Waals surface area contributed by atoms with Crippen molar-refractivity contribution in [3.8, 4) is 0 Å². The Labute approximate surface area is 187 Å². The van der Waals surface area contributed by atoms with Gasteiger partial charge in [0.05, 0.1) is 11.4 Å². The van der Waals surface area contributed by atoms with Crippen LogP contribution < -0.4 is 5.32 Å². The Morgan fingerprint density at radius 1 is 1.06 bits per heavy atom. The Balaban J connectivity index is 1.82. The lowest BCUT2D eigenvalue weighted by molar-refractivity contribution is -0.125. The van der Waals surface area contributed by atoms with E-state index in [0.29, 0.717) is 17.8 Å². The molecule has 7 nitrogen and oxygen atoms in total. The smallest absolute Gasteiger partial charge is 0.256 e. The maximum atomic E-state index is 13.0. The molecule has 1 N–H and O–H groups in total. The highest BCUT2D eigenvalue weighted by molar-refractivity contribution is 8.17. The number of carbonyl (C=O) groups excluding carboxylic acids is 2. The molecule has 1 saturated heterocycles. The normalized spacial score (nSPS) is 17.8. The van der Waals surface area contributed by atoms with E-state index in [2.05, 4.69) is 10.3 Å². The Kier molecular flexibility index (Phi) is 7.86. The minimum atomic E-state index is -3.88. The van der Waals surface area contributed by atoms with Gasteiger partial charge in [0.1, 0.15) is 5.25 Å². The van der Waals surface area contributed by atoms with Crippen LogP contribution >= 0.6 is 11.8 Å². The zero-order chi connectivity index (χ0) is 22.3. The fourth-order valence-electron chi connectivity index (χ4n) is 3.05. The van der Waals surface area contributed by atoms with E-state index in [4.69, 9.17) is 0 Å². The number of hydrogen-bond acceptors (Lipinski definition) is 6. The summed E-state index contributed by atoms with van der Waals surface area (Å²) in [7, 11) is -3.88. The Bertz CT molecular complexity index is 1040. The summed E-state index contributed by atoms with van der Waals surface area (Å²) < 4.78 is 26.7. The van der Waals surface area contributed by atoms with Gasteiger partial charge in [-0.3, -0.25) is 9.59 Å². The average molecular weight is 460 g/mol. The van der Waals surface area contributed by atoms with Crippen LogP contribution in [-0.2, 0) is 19.6 Å². The zero-order valence-electron chi connectivity index (χ0n) is 17.2. The van der Waals surface area contributed by atoms with Crippen LogP contribution in [0.2, 0.25) is 0 Å². The number of para-hydroxylation sites is 2. The number of thioether (sulfide) groups is 1. The highest BCUT2D eigenvalue weighted by atomic mass is 32.2. The molecule has 0 bridgehead atoms. The fourth-order valence-corrected chi connectivity index (χ4v) is 6.06. The van der Waals surface area contributed by atoms with Crippen LogP contribution in [0.3, 0.4) is 0 Å². The number of rotatable bonds is 9. The van der Waals surface area contributed by atoms with Gasteiger partial charge in [-0.2, -0.15) is 4.31 Å². The Hall–Kier alpha value is -2.65. The molecule has 2 aromatic rings. The molecule has 2 aromatic carbocycles. The molecule has 3 rings (SSSR count). The van der Waals surface area contributed by atoms with Crippen molar-refractivity contribution >= 4 is 50.1 Å². The lowest BCUT2D eigenvalue weighted by Gasteiger charge is -2.16. The van der Waals surface area contributed by atoms with E-state index in [9.17, 15) is 18.0 Å². The van der Waals surface area contributed by atoms with Crippen LogP contribution in [0.4, 0.5) is 11.4 Å². The summed E-state index contributed by atoms with van der Waals surface area (Å²) in [6.07, 6.45) is 1.94. The number of benzene rings is 2. The number of amides is 2. The molecule has 0 spiro atoms. The monoisotopic (exact) mass is 459 g/mol. The molecule has 0 saturated carbocycles. The lowest BCUT2D eigenvalue weighted by Crippen LogP contribution is -2.39. The van der Waals surface area contributed by atoms with Gasteiger partial charge in [0.25, 0.3) is 5.91 Å². The van der Waals surface area contributed by atoms with Crippen LogP contribution in [0.5, 0.6) is 0 Å². The van der Waals surface area contributed by atoms with Crippen molar-refractivity contribution in [2.75, 3.05) is 11.1 Å². The highest BCUT2D eigenvalue weighted by Gasteiger charge is 2.45. The van der Waals surface area contributed by atoms with Crippen molar-refractivity contribution < 1.29 is 18.0 Å². The van der Waals surface area contributed by atoms with E-state index < -0.39 is 21.2 Å². The highest BCUT2D eigenvalue weighted by Crippen LogP contribution is 2.34. The molecular weight excluding hydrogens is 434 g/mol. The quantitative estimate of drug-likeness (QED) is 0.568. The maximum Gasteiger partial charge on any atom is 0.256 e. The van der Waals surface area contributed by atoms with Crippen molar-refractivity contribution in [1.82, 2.24) is 4.31 Å². The van der Waals surface area contributed by atoms with E-state index in [-0.39, 0.29) is 23.2 Å². The summed E-state index contributed by atoms with van der Waals surface area (Å²) in [4.78, 5) is 29.9. The van der Waals surface area contributed by atoms with Crippen LogP contribution in [0, 0.1) is 0 Å². The van der Waals surface area contributed by atoms with E-state index >= 15 is 0 Å². The van der Waals surface area contributed by atoms with Gasteiger partial charge >= 0.3 is 0 Å². The third-order valence-corrected chi connectivity index (χ3v) is 7.56. The molecule has 1 aliphatic rings. The molecule has 0 aliphatic carbocycles. The summed E-state index contributed by atoms with van der Waals surface area (Å²) >= 11 is 1.01. The van der Waals surface area contributed by atoms with E-state index in [1.165, 1.54) is 0 Å². The van der Waals surface area contributed by atoms with Crippen LogP contribution in [0.25, 0.3) is 0 Å². The maximum absolute atomic E-state index is 13.0. The molecule has 0 radical (unpaired) electrons. The van der Waals surface area contributed by atoms with E-state index in [0.717, 1.165) is 28.9 Å². The molecule has 1 fully saturated rings. The number of nitrogens with zero attached hydrogens (tertiary/aromatic N) is 2. The molecule has 1 aliphatic heterocycles. The second-order valence-electron chi connectivity index (χ2n) is 7.08. The second kappa shape index (κ2) is 10.6. The summed E-state index contributed by atoms with van der Waals surface area (Å²) in [5, 5.41) is 1.97. The first-order chi connectivity index (χ1) is 14.9. The van der Waals surface area contributed by atoms with Crippen LogP contribution in [0.15, 0.2) is 65.7 Å². The largest absolute Gasteiger partial charge is 0.326 e. The summed E-state index contributed by atoms with van der Waals surface area (Å²) in [6, 6.07) is 17.8. The number of unbranched alkanes of at least 4 members (excludes halogenated alkanes) is 2. The van der Waals surface area contributed by atoms with Gasteiger partial charge in [-0.05, 0) is 30.7 Å². The first-order valence-corrected chi connectivity index (χ1v) is 12.6. The van der Waals surface area contributed by atoms with Gasteiger partial charge in [0.2, 0.25) is 15.9 Å². The van der Waals surface area contributed by atoms with Gasteiger partial charge in [0, 0.05) is 12.1 Å². The van der Waals surface area contributed by atoms with Crippen molar-refractivity contribution in [1.29, 1.82) is 0 Å². The minimum Gasteiger partial charge on any atom is -0.326 e. The van der Waals surface area contributed by atoms with Crippen LogP contribution in [0.1, 0.15) is 32.6 Å². The molecule has 0 aromatic heterocycles. The SMILES string of the molecule is CCCCCS(=O)(=O)N1C(=O)[C@@H](CC(=O)Nc2ccccc2)SC1=Nc1ccccc1. The zero-order valence-corrected chi connectivity index (χ0v) is 18.9. The number of carbonyl (C=O) groups is 2. The summed E-state index contributed by atoms with van der Waals surface area (Å²) in [5.41, 5.74) is 1.16. The molecule has 2 amide bonds. The molecule has 0 unspecified atom stereocenters. The van der Waals surface area contributed by atoms with Gasteiger partial charge in [-0.15, -0.1) is 0 Å². The topological polar surface area (TPSA) is 95.9 Å². The summed E-state index contributed by atoms with van der Waals surface area (Å²) in [5.74, 6) is -1.12. The number of hydrogen-bond donors (Lipinski definition) is 1. The fraction of sp³-hybridized carbons (Fsp3) is 0.318. The van der Waals surface area contributed by atoms with E-state index in [1.807, 2.05) is 19.1 Å². The molecule has 31 heavy (non-hydrogen) atoms.